The van der Waals surface area contributed by atoms with E-state index in [-0.39, 0.29) is 18.5 Å². The fraction of sp³-hybridized carbons (Fsp3) is 0.667. The monoisotopic (exact) mass is 348 g/mol. The number of aliphatic carboxylic acids is 1. The molecule has 2 fully saturated rings. The highest BCUT2D eigenvalue weighted by Crippen LogP contribution is 2.39. The van der Waals surface area contributed by atoms with Gasteiger partial charge in [-0.05, 0) is 48.6 Å². The summed E-state index contributed by atoms with van der Waals surface area (Å²) in [4.78, 5) is 29.8. The topological polar surface area (TPSA) is 60.9 Å². The predicted octanol–water partition coefficient (Wildman–Crippen LogP) is 2.35. The molecule has 0 unspecified atom stereocenters. The molecule has 5 nitrogen and oxygen atoms in total. The molecule has 24 heavy (non-hydrogen) atoms. The maximum absolute atomic E-state index is 12.8. The molecule has 1 N–H and O–H groups in total. The molecule has 0 spiro atoms. The average Bonchev–Trinajstić information content (AvgIpc) is 3.19. The average molecular weight is 348 g/mol. The highest BCUT2D eigenvalue weighted by atomic mass is 32.1. The number of rotatable bonds is 3. The van der Waals surface area contributed by atoms with Gasteiger partial charge in [-0.3, -0.25) is 14.5 Å². The zero-order valence-corrected chi connectivity index (χ0v) is 14.6. The summed E-state index contributed by atoms with van der Waals surface area (Å²) in [5.74, 6) is -0.224. The van der Waals surface area contributed by atoms with Crippen molar-refractivity contribution in [2.24, 2.45) is 5.92 Å². The first-order valence-electron chi connectivity index (χ1n) is 8.95. The van der Waals surface area contributed by atoms with Crippen molar-refractivity contribution in [1.29, 1.82) is 0 Å². The molecule has 130 valence electrons. The fourth-order valence-electron chi connectivity index (χ4n) is 4.74. The minimum atomic E-state index is -0.768. The van der Waals surface area contributed by atoms with Crippen molar-refractivity contribution >= 4 is 23.2 Å². The number of amides is 1. The molecule has 0 bridgehead atoms. The van der Waals surface area contributed by atoms with Crippen LogP contribution in [0.1, 0.15) is 42.5 Å². The van der Waals surface area contributed by atoms with Gasteiger partial charge >= 0.3 is 5.97 Å². The Labute approximate surface area is 146 Å². The van der Waals surface area contributed by atoms with Gasteiger partial charge in [-0.25, -0.2) is 0 Å². The van der Waals surface area contributed by atoms with Gasteiger partial charge in [-0.2, -0.15) is 0 Å². The number of carbonyl (C=O) groups excluding carboxylic acids is 1. The first-order valence-corrected chi connectivity index (χ1v) is 9.83. The summed E-state index contributed by atoms with van der Waals surface area (Å²) in [6.45, 7) is 1.70. The molecule has 1 saturated carbocycles. The number of fused-ring (bicyclic) bond motifs is 2. The van der Waals surface area contributed by atoms with Gasteiger partial charge in [0.05, 0.1) is 6.54 Å². The van der Waals surface area contributed by atoms with Crippen LogP contribution in [0.3, 0.4) is 0 Å². The lowest BCUT2D eigenvalue weighted by Gasteiger charge is -2.35. The molecule has 1 aromatic rings. The van der Waals surface area contributed by atoms with Gasteiger partial charge < -0.3 is 10.0 Å². The van der Waals surface area contributed by atoms with Gasteiger partial charge in [0.15, 0.2) is 0 Å². The molecule has 0 aromatic carbocycles. The Hall–Kier alpha value is -1.40. The molecule has 1 amide bonds. The summed E-state index contributed by atoms with van der Waals surface area (Å²) < 4.78 is 0. The van der Waals surface area contributed by atoms with E-state index in [9.17, 15) is 14.7 Å². The maximum Gasteiger partial charge on any atom is 0.320 e. The van der Waals surface area contributed by atoms with E-state index in [1.165, 1.54) is 16.9 Å². The van der Waals surface area contributed by atoms with Crippen LogP contribution in [0.4, 0.5) is 0 Å². The van der Waals surface area contributed by atoms with Crippen LogP contribution < -0.4 is 0 Å². The second kappa shape index (κ2) is 6.48. The lowest BCUT2D eigenvalue weighted by molar-refractivity contribution is -0.144. The molecular weight excluding hydrogens is 324 g/mol. The molecular formula is C18H24N2O3S. The highest BCUT2D eigenvalue weighted by Gasteiger charge is 2.46. The molecule has 4 rings (SSSR count). The summed E-state index contributed by atoms with van der Waals surface area (Å²) in [7, 11) is 0. The summed E-state index contributed by atoms with van der Waals surface area (Å²) >= 11 is 1.77. The van der Waals surface area contributed by atoms with Crippen LogP contribution in [-0.4, -0.2) is 52.0 Å². The maximum atomic E-state index is 12.8. The van der Waals surface area contributed by atoms with Gasteiger partial charge in [0.1, 0.15) is 6.04 Å². The highest BCUT2D eigenvalue weighted by molar-refractivity contribution is 7.10. The molecule has 2 aliphatic heterocycles. The Kier molecular flexibility index (Phi) is 4.35. The molecule has 1 aliphatic carbocycles. The van der Waals surface area contributed by atoms with Crippen LogP contribution in [0.25, 0.3) is 0 Å². The molecule has 1 saturated heterocycles. The number of thiophene rings is 1. The fourth-order valence-corrected chi connectivity index (χ4v) is 5.63. The first-order chi connectivity index (χ1) is 11.6. The van der Waals surface area contributed by atoms with Crippen molar-refractivity contribution in [2.75, 3.05) is 13.1 Å². The Bertz CT molecular complexity index is 644. The van der Waals surface area contributed by atoms with Gasteiger partial charge in [-0.15, -0.1) is 11.3 Å². The number of likely N-dealkylation sites (tertiary alicyclic amines) is 1. The van der Waals surface area contributed by atoms with Gasteiger partial charge in [0.25, 0.3) is 0 Å². The van der Waals surface area contributed by atoms with Gasteiger partial charge in [0, 0.05) is 24.0 Å². The minimum absolute atomic E-state index is 0.0873. The van der Waals surface area contributed by atoms with Gasteiger partial charge in [-0.1, -0.05) is 12.8 Å². The smallest absolute Gasteiger partial charge is 0.320 e. The quantitative estimate of drug-likeness (QED) is 0.911. The summed E-state index contributed by atoms with van der Waals surface area (Å²) in [5.41, 5.74) is 1.26. The van der Waals surface area contributed by atoms with Gasteiger partial charge in [0.2, 0.25) is 5.91 Å². The van der Waals surface area contributed by atoms with E-state index in [2.05, 4.69) is 11.4 Å². The van der Waals surface area contributed by atoms with E-state index < -0.39 is 12.0 Å². The number of carbonyl (C=O) groups is 2. The summed E-state index contributed by atoms with van der Waals surface area (Å²) in [6, 6.07) is 1.90. The van der Waals surface area contributed by atoms with E-state index in [4.69, 9.17) is 0 Å². The molecule has 0 radical (unpaired) electrons. The van der Waals surface area contributed by atoms with E-state index in [1.54, 1.807) is 11.3 Å². The molecule has 3 aliphatic rings. The van der Waals surface area contributed by atoms with Crippen molar-refractivity contribution in [2.45, 2.75) is 57.2 Å². The van der Waals surface area contributed by atoms with Crippen LogP contribution in [0.2, 0.25) is 0 Å². The normalized spacial score (nSPS) is 30.0. The standard InChI is InChI=1S/C18H24N2O3S/c21-17(19-7-5-16-13(10-19)6-8-24-16)11-20-14-4-2-1-3-12(14)9-15(20)18(22)23/h6,8,12,14-15H,1-5,7,9-11H2,(H,22,23)/t12-,14+,15+/m1/s1. The zero-order chi connectivity index (χ0) is 16.7. The van der Waals surface area contributed by atoms with Crippen LogP contribution in [0.5, 0.6) is 0 Å². The third-order valence-electron chi connectivity index (χ3n) is 5.98. The summed E-state index contributed by atoms with van der Waals surface area (Å²) in [6.07, 6.45) is 6.13. The van der Waals surface area contributed by atoms with Crippen LogP contribution in [-0.2, 0) is 22.6 Å². The van der Waals surface area contributed by atoms with Crippen LogP contribution >= 0.6 is 11.3 Å². The third-order valence-corrected chi connectivity index (χ3v) is 7.01. The SMILES string of the molecule is O=C(O)[C@@H]1C[C@H]2CCCC[C@@H]2N1CC(=O)N1CCc2sccc2C1. The summed E-state index contributed by atoms with van der Waals surface area (Å²) in [5, 5.41) is 11.7. The predicted molar refractivity (Wildman–Crippen MR) is 91.9 cm³/mol. The first kappa shape index (κ1) is 16.1. The van der Waals surface area contributed by atoms with Crippen molar-refractivity contribution in [1.82, 2.24) is 9.80 Å². The third kappa shape index (κ3) is 2.86. The number of nitrogens with zero attached hydrogens (tertiary/aromatic N) is 2. The van der Waals surface area contributed by atoms with Crippen molar-refractivity contribution in [3.8, 4) is 0 Å². The molecule has 3 atom stereocenters. The Morgan fingerprint density at radius 3 is 2.96 bits per heavy atom. The van der Waals surface area contributed by atoms with E-state index >= 15 is 0 Å². The van der Waals surface area contributed by atoms with Crippen LogP contribution in [0.15, 0.2) is 11.4 Å². The Morgan fingerprint density at radius 2 is 2.12 bits per heavy atom. The van der Waals surface area contributed by atoms with E-state index in [0.717, 1.165) is 32.2 Å². The Balaban J connectivity index is 1.46. The zero-order valence-electron chi connectivity index (χ0n) is 13.8. The van der Waals surface area contributed by atoms with E-state index in [0.29, 0.717) is 18.9 Å². The van der Waals surface area contributed by atoms with Crippen molar-refractivity contribution in [3.63, 3.8) is 0 Å². The minimum Gasteiger partial charge on any atom is -0.480 e. The Morgan fingerprint density at radius 1 is 1.29 bits per heavy atom. The number of carboxylic acid groups (broad SMARTS) is 1. The molecule has 1 aromatic heterocycles. The second-order valence-corrected chi connectivity index (χ2v) is 8.31. The van der Waals surface area contributed by atoms with Crippen molar-refractivity contribution < 1.29 is 14.7 Å². The number of hydrogen-bond donors (Lipinski definition) is 1. The molecule has 6 heteroatoms. The number of carboxylic acids is 1. The lowest BCUT2D eigenvalue weighted by atomic mass is 9.85. The largest absolute Gasteiger partial charge is 0.480 e. The second-order valence-electron chi connectivity index (χ2n) is 7.31. The van der Waals surface area contributed by atoms with Crippen LogP contribution in [0, 0.1) is 5.92 Å². The molecule has 3 heterocycles. The lowest BCUT2D eigenvalue weighted by Crippen LogP contribution is -2.49. The number of hydrogen-bond acceptors (Lipinski definition) is 4. The van der Waals surface area contributed by atoms with E-state index in [1.807, 2.05) is 9.80 Å². The van der Waals surface area contributed by atoms with Crippen molar-refractivity contribution in [3.05, 3.63) is 21.9 Å².